The van der Waals surface area contributed by atoms with Crippen LogP contribution in [0.5, 0.6) is 0 Å². The second-order valence-corrected chi connectivity index (χ2v) is 3.96. The van der Waals surface area contributed by atoms with E-state index in [4.69, 9.17) is 0 Å². The van der Waals surface area contributed by atoms with Crippen LogP contribution in [0.4, 0.5) is 10.5 Å². The van der Waals surface area contributed by atoms with Crippen molar-refractivity contribution in [1.29, 1.82) is 0 Å². The molecule has 0 radical (unpaired) electrons. The molecular formula is C12H15N3O2. The molecule has 2 rings (SSSR count). The van der Waals surface area contributed by atoms with Gasteiger partial charge < -0.3 is 15.5 Å². The van der Waals surface area contributed by atoms with Crippen molar-refractivity contribution >= 4 is 17.6 Å². The van der Waals surface area contributed by atoms with Gasteiger partial charge in [-0.05, 0) is 12.1 Å². The number of para-hydroxylation sites is 1. The fraction of sp³-hybridized carbons (Fsp3) is 0.333. The van der Waals surface area contributed by atoms with E-state index in [-0.39, 0.29) is 18.0 Å². The highest BCUT2D eigenvalue weighted by Gasteiger charge is 2.31. The highest BCUT2D eigenvalue weighted by atomic mass is 16.2. The van der Waals surface area contributed by atoms with Gasteiger partial charge in [0.15, 0.2) is 0 Å². The molecule has 5 heteroatoms. The lowest BCUT2D eigenvalue weighted by Crippen LogP contribution is -2.41. The lowest BCUT2D eigenvalue weighted by atomic mass is 10.2. The molecule has 90 valence electrons. The summed E-state index contributed by atoms with van der Waals surface area (Å²) in [6.07, 6.45) is 0.350. The lowest BCUT2D eigenvalue weighted by molar-refractivity contribution is -0.117. The van der Waals surface area contributed by atoms with E-state index in [0.29, 0.717) is 13.0 Å². The molecule has 2 N–H and O–H groups in total. The number of urea groups is 1. The monoisotopic (exact) mass is 233 g/mol. The summed E-state index contributed by atoms with van der Waals surface area (Å²) in [5, 5.41) is 5.23. The van der Waals surface area contributed by atoms with Crippen LogP contribution in [-0.4, -0.2) is 31.6 Å². The summed E-state index contributed by atoms with van der Waals surface area (Å²) in [6.45, 7) is 0.524. The Bertz CT molecular complexity index is 419. The van der Waals surface area contributed by atoms with Crippen LogP contribution in [0.15, 0.2) is 30.3 Å². The van der Waals surface area contributed by atoms with Crippen molar-refractivity contribution in [3.63, 3.8) is 0 Å². The first-order valence-corrected chi connectivity index (χ1v) is 5.54. The van der Waals surface area contributed by atoms with Gasteiger partial charge in [0.1, 0.15) is 0 Å². The van der Waals surface area contributed by atoms with Gasteiger partial charge in [0.2, 0.25) is 5.91 Å². The quantitative estimate of drug-likeness (QED) is 0.790. The Morgan fingerprint density at radius 2 is 2.06 bits per heavy atom. The molecule has 1 aromatic rings. The summed E-state index contributed by atoms with van der Waals surface area (Å²) in [5.41, 5.74) is 0.874. The predicted molar refractivity (Wildman–Crippen MR) is 64.8 cm³/mol. The van der Waals surface area contributed by atoms with E-state index in [1.165, 1.54) is 0 Å². The van der Waals surface area contributed by atoms with Crippen molar-refractivity contribution in [3.8, 4) is 0 Å². The van der Waals surface area contributed by atoms with E-state index in [0.717, 1.165) is 5.69 Å². The number of carbonyl (C=O) groups is 2. The normalized spacial score (nSPS) is 19.2. The molecule has 0 aromatic heterocycles. The zero-order valence-corrected chi connectivity index (χ0v) is 9.64. The number of rotatable bonds is 2. The fourth-order valence-electron chi connectivity index (χ4n) is 1.92. The maximum Gasteiger partial charge on any atom is 0.314 e. The molecule has 1 saturated heterocycles. The summed E-state index contributed by atoms with van der Waals surface area (Å²) in [5.74, 6) is 0.0394. The smallest absolute Gasteiger partial charge is 0.314 e. The van der Waals surface area contributed by atoms with E-state index in [1.54, 1.807) is 11.9 Å². The number of nitrogens with zero attached hydrogens (tertiary/aromatic N) is 1. The van der Waals surface area contributed by atoms with Crippen LogP contribution in [0.25, 0.3) is 0 Å². The Kier molecular flexibility index (Phi) is 3.27. The van der Waals surface area contributed by atoms with Crippen LogP contribution in [0.1, 0.15) is 6.42 Å². The minimum absolute atomic E-state index is 0.0394. The Morgan fingerprint density at radius 1 is 1.35 bits per heavy atom. The van der Waals surface area contributed by atoms with E-state index in [9.17, 15) is 9.59 Å². The third-order valence-corrected chi connectivity index (χ3v) is 2.76. The largest absolute Gasteiger partial charge is 0.341 e. The van der Waals surface area contributed by atoms with Crippen molar-refractivity contribution in [3.05, 3.63) is 30.3 Å². The molecule has 0 saturated carbocycles. The number of hydrogen-bond donors (Lipinski definition) is 2. The zero-order chi connectivity index (χ0) is 12.3. The van der Waals surface area contributed by atoms with Crippen molar-refractivity contribution in [2.24, 2.45) is 0 Å². The summed E-state index contributed by atoms with van der Waals surface area (Å²) in [4.78, 5) is 24.7. The number of hydrogen-bond acceptors (Lipinski definition) is 2. The molecular weight excluding hydrogens is 218 g/mol. The van der Waals surface area contributed by atoms with Gasteiger partial charge in [-0.3, -0.25) is 4.79 Å². The SMILES string of the molecule is CNC(=O)NC1CC(=O)N(c2ccccc2)C1. The van der Waals surface area contributed by atoms with Gasteiger partial charge in [-0.1, -0.05) is 18.2 Å². The molecule has 17 heavy (non-hydrogen) atoms. The topological polar surface area (TPSA) is 61.4 Å². The van der Waals surface area contributed by atoms with Crippen molar-refractivity contribution in [2.75, 3.05) is 18.5 Å². The molecule has 1 unspecified atom stereocenters. The summed E-state index contributed by atoms with van der Waals surface area (Å²) < 4.78 is 0. The second kappa shape index (κ2) is 4.86. The Hall–Kier alpha value is -2.04. The summed E-state index contributed by atoms with van der Waals surface area (Å²) >= 11 is 0. The average molecular weight is 233 g/mol. The molecule has 1 aromatic carbocycles. The molecule has 0 aliphatic carbocycles. The van der Waals surface area contributed by atoms with Gasteiger partial charge in [-0.15, -0.1) is 0 Å². The third-order valence-electron chi connectivity index (χ3n) is 2.76. The Balaban J connectivity index is 2.03. The molecule has 0 bridgehead atoms. The van der Waals surface area contributed by atoms with E-state index in [2.05, 4.69) is 10.6 Å². The minimum Gasteiger partial charge on any atom is -0.341 e. The van der Waals surface area contributed by atoms with E-state index >= 15 is 0 Å². The molecule has 1 heterocycles. The van der Waals surface area contributed by atoms with Crippen LogP contribution < -0.4 is 15.5 Å². The standard InChI is InChI=1S/C12H15N3O2/c1-13-12(17)14-9-7-11(16)15(8-9)10-5-3-2-4-6-10/h2-6,9H,7-8H2,1H3,(H2,13,14,17). The van der Waals surface area contributed by atoms with E-state index in [1.807, 2.05) is 30.3 Å². The molecule has 1 aliphatic rings. The van der Waals surface area contributed by atoms with Gasteiger partial charge in [0, 0.05) is 25.7 Å². The minimum atomic E-state index is -0.252. The molecule has 3 amide bonds. The third kappa shape index (κ3) is 2.55. The molecule has 0 spiro atoms. The average Bonchev–Trinajstić information content (AvgIpc) is 2.71. The zero-order valence-electron chi connectivity index (χ0n) is 9.64. The first-order valence-electron chi connectivity index (χ1n) is 5.54. The van der Waals surface area contributed by atoms with Gasteiger partial charge >= 0.3 is 6.03 Å². The second-order valence-electron chi connectivity index (χ2n) is 3.96. The van der Waals surface area contributed by atoms with Gasteiger partial charge in [-0.2, -0.15) is 0 Å². The van der Waals surface area contributed by atoms with Gasteiger partial charge in [-0.25, -0.2) is 4.79 Å². The number of benzene rings is 1. The van der Waals surface area contributed by atoms with Gasteiger partial charge in [0.05, 0.1) is 6.04 Å². The first-order chi connectivity index (χ1) is 8.20. The van der Waals surface area contributed by atoms with Crippen LogP contribution in [0.2, 0.25) is 0 Å². The molecule has 1 aliphatic heterocycles. The molecule has 5 nitrogen and oxygen atoms in total. The van der Waals surface area contributed by atoms with Crippen molar-refractivity contribution in [1.82, 2.24) is 10.6 Å². The van der Waals surface area contributed by atoms with Crippen LogP contribution >= 0.6 is 0 Å². The number of anilines is 1. The van der Waals surface area contributed by atoms with Crippen LogP contribution in [-0.2, 0) is 4.79 Å². The predicted octanol–water partition coefficient (Wildman–Crippen LogP) is 0.721. The Morgan fingerprint density at radius 3 is 2.71 bits per heavy atom. The van der Waals surface area contributed by atoms with Crippen LogP contribution in [0.3, 0.4) is 0 Å². The summed E-state index contributed by atoms with van der Waals surface area (Å²) in [6, 6.07) is 9.09. The lowest BCUT2D eigenvalue weighted by Gasteiger charge is -2.16. The highest BCUT2D eigenvalue weighted by molar-refractivity contribution is 5.96. The number of amides is 3. The summed E-state index contributed by atoms with van der Waals surface area (Å²) in [7, 11) is 1.56. The Labute approximate surface area is 99.8 Å². The van der Waals surface area contributed by atoms with Crippen LogP contribution in [0, 0.1) is 0 Å². The van der Waals surface area contributed by atoms with Crippen molar-refractivity contribution in [2.45, 2.75) is 12.5 Å². The maximum absolute atomic E-state index is 11.8. The van der Waals surface area contributed by atoms with Gasteiger partial charge in [0.25, 0.3) is 0 Å². The molecule has 1 fully saturated rings. The number of carbonyl (C=O) groups excluding carboxylic acids is 2. The highest BCUT2D eigenvalue weighted by Crippen LogP contribution is 2.20. The molecule has 1 atom stereocenters. The van der Waals surface area contributed by atoms with Crippen molar-refractivity contribution < 1.29 is 9.59 Å². The first kappa shape index (κ1) is 11.4. The number of nitrogens with one attached hydrogen (secondary N) is 2. The fourth-order valence-corrected chi connectivity index (χ4v) is 1.92. The maximum atomic E-state index is 11.8. The van der Waals surface area contributed by atoms with E-state index < -0.39 is 0 Å².